The van der Waals surface area contributed by atoms with Crippen molar-refractivity contribution < 1.29 is 14.3 Å². The molecule has 0 radical (unpaired) electrons. The number of halogens is 1. The molecule has 2 amide bonds. The second kappa shape index (κ2) is 9.85. The Hall–Kier alpha value is -2.73. The van der Waals surface area contributed by atoms with Gasteiger partial charge in [-0.15, -0.1) is 0 Å². The van der Waals surface area contributed by atoms with Crippen molar-refractivity contribution in [2.75, 3.05) is 36.4 Å². The molecule has 1 saturated heterocycles. The molecule has 3 rings (SSSR count). The van der Waals surface area contributed by atoms with Gasteiger partial charge in [0.25, 0.3) is 5.91 Å². The summed E-state index contributed by atoms with van der Waals surface area (Å²) in [6, 6.07) is 12.6. The van der Waals surface area contributed by atoms with Gasteiger partial charge in [-0.1, -0.05) is 24.6 Å². The van der Waals surface area contributed by atoms with Crippen LogP contribution in [0.4, 0.5) is 11.4 Å². The van der Waals surface area contributed by atoms with Crippen LogP contribution < -0.4 is 15.0 Å². The number of amides is 2. The number of piperazine rings is 1. The molecule has 6 nitrogen and oxygen atoms in total. The van der Waals surface area contributed by atoms with Gasteiger partial charge in [-0.2, -0.15) is 0 Å². The molecule has 0 aromatic heterocycles. The van der Waals surface area contributed by atoms with Crippen LogP contribution in [0.2, 0.25) is 5.02 Å². The predicted molar refractivity (Wildman–Crippen MR) is 121 cm³/mol. The molecule has 0 unspecified atom stereocenters. The van der Waals surface area contributed by atoms with Crippen LogP contribution in [-0.4, -0.2) is 49.0 Å². The lowest BCUT2D eigenvalue weighted by Gasteiger charge is -2.36. The number of ether oxygens (including phenoxy) is 1. The van der Waals surface area contributed by atoms with E-state index in [1.165, 1.54) is 0 Å². The highest BCUT2D eigenvalue weighted by molar-refractivity contribution is 6.33. The van der Waals surface area contributed by atoms with E-state index in [4.69, 9.17) is 16.3 Å². The molecule has 0 aliphatic carbocycles. The van der Waals surface area contributed by atoms with Gasteiger partial charge in [0.15, 0.2) is 0 Å². The minimum atomic E-state index is -0.222. The summed E-state index contributed by atoms with van der Waals surface area (Å²) < 4.78 is 5.66. The molecular weight excluding hydrogens is 402 g/mol. The normalized spacial score (nSPS) is 14.0. The van der Waals surface area contributed by atoms with E-state index < -0.39 is 0 Å². The monoisotopic (exact) mass is 429 g/mol. The number of nitrogens with zero attached hydrogens (tertiary/aromatic N) is 2. The average Bonchev–Trinajstić information content (AvgIpc) is 2.73. The fourth-order valence-corrected chi connectivity index (χ4v) is 3.75. The Bertz CT molecular complexity index is 908. The molecule has 0 bridgehead atoms. The maximum atomic E-state index is 12.6. The second-order valence-electron chi connectivity index (χ2n) is 7.54. The van der Waals surface area contributed by atoms with Crippen LogP contribution in [-0.2, 0) is 4.79 Å². The molecule has 0 spiro atoms. The maximum Gasteiger partial charge on any atom is 0.255 e. The third-order valence-electron chi connectivity index (χ3n) is 4.95. The van der Waals surface area contributed by atoms with Gasteiger partial charge in [-0.3, -0.25) is 9.59 Å². The van der Waals surface area contributed by atoms with Crippen LogP contribution in [0.5, 0.6) is 5.75 Å². The van der Waals surface area contributed by atoms with Crippen LogP contribution in [0.15, 0.2) is 42.5 Å². The zero-order chi connectivity index (χ0) is 21.7. The molecular formula is C23H28ClN3O3. The van der Waals surface area contributed by atoms with Crippen molar-refractivity contribution in [3.63, 3.8) is 0 Å². The van der Waals surface area contributed by atoms with Crippen molar-refractivity contribution in [3.05, 3.63) is 53.1 Å². The number of carbonyl (C=O) groups excluding carboxylic acids is 2. The Labute approximate surface area is 182 Å². The van der Waals surface area contributed by atoms with Crippen molar-refractivity contribution in [1.82, 2.24) is 4.90 Å². The highest BCUT2D eigenvalue weighted by Gasteiger charge is 2.21. The molecule has 2 aromatic rings. The zero-order valence-corrected chi connectivity index (χ0v) is 18.4. The minimum absolute atomic E-state index is 0.0385. The Morgan fingerprint density at radius 3 is 2.47 bits per heavy atom. The smallest absolute Gasteiger partial charge is 0.255 e. The summed E-state index contributed by atoms with van der Waals surface area (Å²) in [6.07, 6.45) is 0.568. The van der Waals surface area contributed by atoms with Gasteiger partial charge in [0.2, 0.25) is 5.91 Å². The molecule has 0 saturated carbocycles. The van der Waals surface area contributed by atoms with Crippen LogP contribution in [0, 0.1) is 0 Å². The van der Waals surface area contributed by atoms with E-state index in [0.717, 1.165) is 18.8 Å². The number of hydrogen-bond donors (Lipinski definition) is 1. The second-order valence-corrected chi connectivity index (χ2v) is 7.94. The molecule has 1 N–H and O–H groups in total. The summed E-state index contributed by atoms with van der Waals surface area (Å²) in [6.45, 7) is 8.62. The fourth-order valence-electron chi connectivity index (χ4n) is 3.45. The van der Waals surface area contributed by atoms with Gasteiger partial charge in [0.05, 0.1) is 16.8 Å². The summed E-state index contributed by atoms with van der Waals surface area (Å²) in [4.78, 5) is 28.5. The topological polar surface area (TPSA) is 61.9 Å². The molecule has 160 valence electrons. The van der Waals surface area contributed by atoms with E-state index in [2.05, 4.69) is 10.2 Å². The Morgan fingerprint density at radius 2 is 1.83 bits per heavy atom. The number of carbonyl (C=O) groups is 2. The van der Waals surface area contributed by atoms with E-state index in [0.29, 0.717) is 41.5 Å². The summed E-state index contributed by atoms with van der Waals surface area (Å²) in [5.41, 5.74) is 2.05. The van der Waals surface area contributed by atoms with E-state index in [1.54, 1.807) is 24.3 Å². The number of nitrogens with one attached hydrogen (secondary N) is 1. The van der Waals surface area contributed by atoms with Crippen molar-refractivity contribution >= 4 is 34.8 Å². The van der Waals surface area contributed by atoms with Crippen LogP contribution in [0.25, 0.3) is 0 Å². The number of hydrogen-bond acceptors (Lipinski definition) is 4. The highest BCUT2D eigenvalue weighted by atomic mass is 35.5. The van der Waals surface area contributed by atoms with Gasteiger partial charge in [0, 0.05) is 43.9 Å². The van der Waals surface area contributed by atoms with E-state index in [1.807, 2.05) is 43.9 Å². The molecule has 2 aromatic carbocycles. The van der Waals surface area contributed by atoms with Crippen molar-refractivity contribution in [3.8, 4) is 5.75 Å². The lowest BCUT2D eigenvalue weighted by molar-refractivity contribution is -0.131. The van der Waals surface area contributed by atoms with Gasteiger partial charge >= 0.3 is 0 Å². The summed E-state index contributed by atoms with van der Waals surface area (Å²) in [5, 5.41) is 3.46. The first-order chi connectivity index (χ1) is 14.4. The van der Waals surface area contributed by atoms with Crippen LogP contribution in [0.1, 0.15) is 37.6 Å². The first-order valence-corrected chi connectivity index (χ1v) is 10.7. The third kappa shape index (κ3) is 5.45. The van der Waals surface area contributed by atoms with Gasteiger partial charge in [-0.25, -0.2) is 0 Å². The van der Waals surface area contributed by atoms with Gasteiger partial charge < -0.3 is 19.9 Å². The molecule has 30 heavy (non-hydrogen) atoms. The predicted octanol–water partition coefficient (Wildman–Crippen LogP) is 4.44. The summed E-state index contributed by atoms with van der Waals surface area (Å²) >= 11 is 6.51. The summed E-state index contributed by atoms with van der Waals surface area (Å²) in [5.74, 6) is 0.619. The molecule has 1 aliphatic heterocycles. The molecule has 0 atom stereocenters. The van der Waals surface area contributed by atoms with E-state index in [-0.39, 0.29) is 17.9 Å². The Morgan fingerprint density at radius 1 is 1.10 bits per heavy atom. The van der Waals surface area contributed by atoms with Gasteiger partial charge in [-0.05, 0) is 50.2 Å². The standard InChI is InChI=1S/C23H28ClN3O3/c1-4-22(28)27-12-10-26(11-13-27)21-9-8-18(15-20(21)24)25-23(29)17-6-5-7-19(14-17)30-16(2)3/h5-9,14-16H,4,10-13H2,1-3H3,(H,25,29). The molecule has 7 heteroatoms. The largest absolute Gasteiger partial charge is 0.491 e. The zero-order valence-electron chi connectivity index (χ0n) is 17.7. The molecule has 1 heterocycles. The first-order valence-electron chi connectivity index (χ1n) is 10.3. The maximum absolute atomic E-state index is 12.6. The summed E-state index contributed by atoms with van der Waals surface area (Å²) in [7, 11) is 0. The van der Waals surface area contributed by atoms with E-state index in [9.17, 15) is 9.59 Å². The number of rotatable bonds is 6. The quantitative estimate of drug-likeness (QED) is 0.737. The fraction of sp³-hybridized carbons (Fsp3) is 0.391. The van der Waals surface area contributed by atoms with E-state index >= 15 is 0 Å². The third-order valence-corrected chi connectivity index (χ3v) is 5.25. The van der Waals surface area contributed by atoms with Gasteiger partial charge in [0.1, 0.15) is 5.75 Å². The van der Waals surface area contributed by atoms with Crippen molar-refractivity contribution in [1.29, 1.82) is 0 Å². The van der Waals surface area contributed by atoms with Crippen molar-refractivity contribution in [2.45, 2.75) is 33.3 Å². The molecule has 1 aliphatic rings. The Kier molecular flexibility index (Phi) is 7.21. The van der Waals surface area contributed by atoms with Crippen LogP contribution >= 0.6 is 11.6 Å². The SMILES string of the molecule is CCC(=O)N1CCN(c2ccc(NC(=O)c3cccc(OC(C)C)c3)cc2Cl)CC1. The number of benzene rings is 2. The minimum Gasteiger partial charge on any atom is -0.491 e. The lowest BCUT2D eigenvalue weighted by Crippen LogP contribution is -2.48. The Balaban J connectivity index is 1.64. The lowest BCUT2D eigenvalue weighted by atomic mass is 10.2. The van der Waals surface area contributed by atoms with Crippen LogP contribution in [0.3, 0.4) is 0 Å². The molecule has 1 fully saturated rings. The average molecular weight is 430 g/mol. The van der Waals surface area contributed by atoms with Crippen molar-refractivity contribution in [2.24, 2.45) is 0 Å². The number of anilines is 2. The first kappa shape index (κ1) is 22.0. The highest BCUT2D eigenvalue weighted by Crippen LogP contribution is 2.30.